The van der Waals surface area contributed by atoms with Gasteiger partial charge in [0.2, 0.25) is 0 Å². The summed E-state index contributed by atoms with van der Waals surface area (Å²) >= 11 is 0. The minimum absolute atomic E-state index is 0.332. The van der Waals surface area contributed by atoms with Gasteiger partial charge in [0.15, 0.2) is 0 Å². The van der Waals surface area contributed by atoms with Crippen LogP contribution in [0, 0.1) is 5.92 Å². The van der Waals surface area contributed by atoms with Crippen LogP contribution in [0.3, 0.4) is 0 Å². The quantitative estimate of drug-likeness (QED) is 0.798. The number of rotatable bonds is 8. The third-order valence-electron chi connectivity index (χ3n) is 5.02. The molecule has 0 bridgehead atoms. The highest BCUT2D eigenvalue weighted by Gasteiger charge is 2.21. The van der Waals surface area contributed by atoms with Crippen LogP contribution in [0.15, 0.2) is 48.7 Å². The monoisotopic (exact) mass is 338 g/mol. The number of aryl methyl sites for hydroxylation is 2. The number of benzene rings is 1. The van der Waals surface area contributed by atoms with E-state index in [-0.39, 0.29) is 0 Å². The van der Waals surface area contributed by atoms with Gasteiger partial charge in [-0.05, 0) is 68.8 Å². The van der Waals surface area contributed by atoms with E-state index in [1.54, 1.807) is 18.3 Å². The number of pyridine rings is 1. The van der Waals surface area contributed by atoms with Crippen molar-refractivity contribution >= 4 is 5.97 Å². The zero-order valence-electron chi connectivity index (χ0n) is 14.6. The highest BCUT2D eigenvalue weighted by molar-refractivity contribution is 5.87. The van der Waals surface area contributed by atoms with Gasteiger partial charge in [-0.3, -0.25) is 4.98 Å². The van der Waals surface area contributed by atoms with Gasteiger partial charge < -0.3 is 10.0 Å². The van der Waals surface area contributed by atoms with Gasteiger partial charge in [0, 0.05) is 18.4 Å². The number of aromatic carboxylic acids is 1. The van der Waals surface area contributed by atoms with Gasteiger partial charge in [0.1, 0.15) is 0 Å². The molecule has 4 nitrogen and oxygen atoms in total. The van der Waals surface area contributed by atoms with Gasteiger partial charge in [-0.15, -0.1) is 0 Å². The standard InChI is InChI=1S/C21H26N2O2/c24-21(25)19-10-12-22-20(15-19)9-8-18-11-14-23(16-18)13-4-7-17-5-2-1-3-6-17/h1-3,5-6,10,12,15,18H,4,7-9,11,13-14,16H2,(H,24,25). The van der Waals surface area contributed by atoms with Crippen LogP contribution in [0.1, 0.15) is 40.9 Å². The van der Waals surface area contributed by atoms with E-state index in [4.69, 9.17) is 5.11 Å². The molecule has 0 radical (unpaired) electrons. The van der Waals surface area contributed by atoms with E-state index >= 15 is 0 Å². The molecule has 1 aliphatic rings. The zero-order valence-corrected chi connectivity index (χ0v) is 14.6. The van der Waals surface area contributed by atoms with Crippen LogP contribution in [-0.4, -0.2) is 40.6 Å². The predicted octanol–water partition coefficient (Wildman–Crippen LogP) is 3.67. The van der Waals surface area contributed by atoms with E-state index in [1.165, 1.54) is 24.9 Å². The fourth-order valence-corrected chi connectivity index (χ4v) is 3.60. The Morgan fingerprint density at radius 2 is 2.04 bits per heavy atom. The molecule has 0 spiro atoms. The summed E-state index contributed by atoms with van der Waals surface area (Å²) in [7, 11) is 0. The Balaban J connectivity index is 1.38. The molecular formula is C21H26N2O2. The highest BCUT2D eigenvalue weighted by atomic mass is 16.4. The van der Waals surface area contributed by atoms with Crippen molar-refractivity contribution in [3.05, 3.63) is 65.5 Å². The summed E-state index contributed by atoms with van der Waals surface area (Å²) in [5, 5.41) is 9.05. The van der Waals surface area contributed by atoms with Gasteiger partial charge in [-0.1, -0.05) is 30.3 Å². The summed E-state index contributed by atoms with van der Waals surface area (Å²) in [5.41, 5.74) is 2.64. The molecule has 1 fully saturated rings. The molecule has 1 atom stereocenters. The minimum Gasteiger partial charge on any atom is -0.478 e. The van der Waals surface area contributed by atoms with Crippen LogP contribution in [0.4, 0.5) is 0 Å². The molecule has 2 heterocycles. The highest BCUT2D eigenvalue weighted by Crippen LogP contribution is 2.22. The molecule has 132 valence electrons. The average molecular weight is 338 g/mol. The van der Waals surface area contributed by atoms with Gasteiger partial charge in [-0.25, -0.2) is 4.79 Å². The van der Waals surface area contributed by atoms with Crippen molar-refractivity contribution in [2.24, 2.45) is 5.92 Å². The second-order valence-corrected chi connectivity index (χ2v) is 6.92. The number of hydrogen-bond donors (Lipinski definition) is 1. The molecule has 1 saturated heterocycles. The molecule has 25 heavy (non-hydrogen) atoms. The molecule has 4 heteroatoms. The number of carboxylic acid groups (broad SMARTS) is 1. The Kier molecular flexibility index (Phi) is 6.18. The summed E-state index contributed by atoms with van der Waals surface area (Å²) < 4.78 is 0. The molecule has 1 aromatic heterocycles. The second kappa shape index (κ2) is 8.77. The third-order valence-corrected chi connectivity index (χ3v) is 5.02. The Bertz CT molecular complexity index is 687. The first kappa shape index (κ1) is 17.6. The van der Waals surface area contributed by atoms with Gasteiger partial charge >= 0.3 is 5.97 Å². The van der Waals surface area contributed by atoms with E-state index in [1.807, 2.05) is 0 Å². The van der Waals surface area contributed by atoms with Crippen LogP contribution in [0.2, 0.25) is 0 Å². The summed E-state index contributed by atoms with van der Waals surface area (Å²) in [5.74, 6) is -0.180. The van der Waals surface area contributed by atoms with Crippen molar-refractivity contribution in [1.82, 2.24) is 9.88 Å². The molecule has 1 aromatic carbocycles. The number of hydrogen-bond acceptors (Lipinski definition) is 3. The fraction of sp³-hybridized carbons (Fsp3) is 0.429. The fourth-order valence-electron chi connectivity index (χ4n) is 3.60. The molecule has 1 aliphatic heterocycles. The maximum atomic E-state index is 11.0. The zero-order chi connectivity index (χ0) is 17.5. The number of nitrogens with zero attached hydrogens (tertiary/aromatic N) is 2. The van der Waals surface area contributed by atoms with Crippen molar-refractivity contribution in [2.75, 3.05) is 19.6 Å². The summed E-state index contributed by atoms with van der Waals surface area (Å²) in [6.07, 6.45) is 7.15. The third kappa shape index (κ3) is 5.40. The predicted molar refractivity (Wildman–Crippen MR) is 98.8 cm³/mol. The topological polar surface area (TPSA) is 53.4 Å². The normalized spacial score (nSPS) is 17.7. The Morgan fingerprint density at radius 1 is 1.20 bits per heavy atom. The maximum absolute atomic E-state index is 11.0. The maximum Gasteiger partial charge on any atom is 0.335 e. The lowest BCUT2D eigenvalue weighted by Crippen LogP contribution is -2.22. The lowest BCUT2D eigenvalue weighted by atomic mass is 10.0. The SMILES string of the molecule is O=C(O)c1ccnc(CCC2CCN(CCCc3ccccc3)C2)c1. The molecule has 1 N–H and O–H groups in total. The van der Waals surface area contributed by atoms with Gasteiger partial charge in [-0.2, -0.15) is 0 Å². The second-order valence-electron chi connectivity index (χ2n) is 6.92. The van der Waals surface area contributed by atoms with Crippen molar-refractivity contribution in [2.45, 2.75) is 32.1 Å². The van der Waals surface area contributed by atoms with Gasteiger partial charge in [0.25, 0.3) is 0 Å². The van der Waals surface area contributed by atoms with E-state index < -0.39 is 5.97 Å². The molecular weight excluding hydrogens is 312 g/mol. The van der Waals surface area contributed by atoms with Crippen LogP contribution in [0.25, 0.3) is 0 Å². The minimum atomic E-state index is -0.880. The molecule has 0 amide bonds. The molecule has 0 saturated carbocycles. The molecule has 2 aromatic rings. The van der Waals surface area contributed by atoms with Crippen molar-refractivity contribution in [3.63, 3.8) is 0 Å². The summed E-state index contributed by atoms with van der Waals surface area (Å²) in [4.78, 5) is 17.9. The first-order valence-electron chi connectivity index (χ1n) is 9.15. The molecule has 1 unspecified atom stereocenters. The number of likely N-dealkylation sites (tertiary alicyclic amines) is 1. The van der Waals surface area contributed by atoms with E-state index in [0.717, 1.165) is 38.0 Å². The number of carboxylic acids is 1. The lowest BCUT2D eigenvalue weighted by molar-refractivity contribution is 0.0696. The van der Waals surface area contributed by atoms with Crippen LogP contribution >= 0.6 is 0 Å². The van der Waals surface area contributed by atoms with Crippen LogP contribution in [0.5, 0.6) is 0 Å². The van der Waals surface area contributed by atoms with Crippen LogP contribution < -0.4 is 0 Å². The number of carbonyl (C=O) groups is 1. The number of aromatic nitrogens is 1. The van der Waals surface area contributed by atoms with Crippen LogP contribution in [-0.2, 0) is 12.8 Å². The Morgan fingerprint density at radius 3 is 2.84 bits per heavy atom. The first-order valence-corrected chi connectivity index (χ1v) is 9.15. The molecule has 3 rings (SSSR count). The largest absolute Gasteiger partial charge is 0.478 e. The van der Waals surface area contributed by atoms with Gasteiger partial charge in [0.05, 0.1) is 5.56 Å². The first-order chi connectivity index (χ1) is 12.2. The summed E-state index contributed by atoms with van der Waals surface area (Å²) in [6.45, 7) is 3.51. The van der Waals surface area contributed by atoms with Crippen molar-refractivity contribution < 1.29 is 9.90 Å². The van der Waals surface area contributed by atoms with E-state index in [2.05, 4.69) is 40.2 Å². The van der Waals surface area contributed by atoms with Crippen molar-refractivity contribution in [1.29, 1.82) is 0 Å². The van der Waals surface area contributed by atoms with E-state index in [0.29, 0.717) is 11.5 Å². The Hall–Kier alpha value is -2.20. The summed E-state index contributed by atoms with van der Waals surface area (Å²) in [6, 6.07) is 13.9. The lowest BCUT2D eigenvalue weighted by Gasteiger charge is -2.16. The van der Waals surface area contributed by atoms with Crippen molar-refractivity contribution in [3.8, 4) is 0 Å². The average Bonchev–Trinajstić information content (AvgIpc) is 3.09. The smallest absolute Gasteiger partial charge is 0.335 e. The van der Waals surface area contributed by atoms with E-state index in [9.17, 15) is 4.79 Å². The Labute approximate surface area is 149 Å². The molecule has 0 aliphatic carbocycles.